The molecule has 1 aliphatic rings. The number of alkyl halides is 1. The van der Waals surface area contributed by atoms with E-state index in [0.717, 1.165) is 0 Å². The minimum atomic E-state index is -0.802. The third kappa shape index (κ3) is 3.33. The zero-order chi connectivity index (χ0) is 10.1. The smallest absolute Gasteiger partial charge is 0.223 e. The predicted octanol–water partition coefficient (Wildman–Crippen LogP) is 1.99. The van der Waals surface area contributed by atoms with Crippen LogP contribution >= 0.6 is 0 Å². The maximum atomic E-state index is 12.8. The standard InChI is InChI=1S/C10H18FNO/c1-10(2,3)6-9(13)12-5-4-8(11)7-12/h8H,4-7H2,1-3H3/t8-/m1/s1. The lowest BCUT2D eigenvalue weighted by Gasteiger charge is -2.22. The molecule has 0 N–H and O–H groups in total. The van der Waals surface area contributed by atoms with Crippen LogP contribution in [-0.2, 0) is 4.79 Å². The second kappa shape index (κ2) is 3.64. The summed E-state index contributed by atoms with van der Waals surface area (Å²) >= 11 is 0. The Hall–Kier alpha value is -0.600. The van der Waals surface area contributed by atoms with Crippen LogP contribution in [0.4, 0.5) is 4.39 Å². The van der Waals surface area contributed by atoms with Crippen LogP contribution in [0.15, 0.2) is 0 Å². The Morgan fingerprint density at radius 1 is 1.54 bits per heavy atom. The van der Waals surface area contributed by atoms with Crippen molar-refractivity contribution in [2.75, 3.05) is 13.1 Å². The Balaban J connectivity index is 2.41. The van der Waals surface area contributed by atoms with Gasteiger partial charge < -0.3 is 4.90 Å². The molecule has 13 heavy (non-hydrogen) atoms. The number of amides is 1. The Bertz CT molecular complexity index is 198. The highest BCUT2D eigenvalue weighted by atomic mass is 19.1. The van der Waals surface area contributed by atoms with Crippen LogP contribution < -0.4 is 0 Å². The summed E-state index contributed by atoms with van der Waals surface area (Å²) in [6.45, 7) is 6.96. The van der Waals surface area contributed by atoms with Gasteiger partial charge in [-0.1, -0.05) is 20.8 Å². The topological polar surface area (TPSA) is 20.3 Å². The summed E-state index contributed by atoms with van der Waals surface area (Å²) in [5.41, 5.74) is 0.00544. The zero-order valence-corrected chi connectivity index (χ0v) is 8.64. The average molecular weight is 187 g/mol. The van der Waals surface area contributed by atoms with Crippen LogP contribution in [-0.4, -0.2) is 30.1 Å². The minimum Gasteiger partial charge on any atom is -0.340 e. The number of nitrogens with zero attached hydrogens (tertiary/aromatic N) is 1. The number of carbonyl (C=O) groups excluding carboxylic acids is 1. The fourth-order valence-electron chi connectivity index (χ4n) is 1.51. The number of hydrogen-bond acceptors (Lipinski definition) is 1. The van der Waals surface area contributed by atoms with E-state index in [9.17, 15) is 9.18 Å². The van der Waals surface area contributed by atoms with E-state index in [1.165, 1.54) is 0 Å². The van der Waals surface area contributed by atoms with Gasteiger partial charge in [-0.15, -0.1) is 0 Å². The molecule has 2 nitrogen and oxygen atoms in total. The molecule has 0 unspecified atom stereocenters. The molecule has 1 rings (SSSR count). The molecule has 1 atom stereocenters. The van der Waals surface area contributed by atoms with Crippen LogP contribution in [0.25, 0.3) is 0 Å². The van der Waals surface area contributed by atoms with E-state index >= 15 is 0 Å². The van der Waals surface area contributed by atoms with E-state index in [0.29, 0.717) is 25.9 Å². The predicted molar refractivity (Wildman–Crippen MR) is 50.2 cm³/mol. The van der Waals surface area contributed by atoms with Gasteiger partial charge in [0.2, 0.25) is 5.91 Å². The second-order valence-electron chi connectivity index (χ2n) is 4.96. The van der Waals surface area contributed by atoms with Crippen LogP contribution in [0, 0.1) is 5.41 Å². The molecule has 0 aliphatic carbocycles. The van der Waals surface area contributed by atoms with Crippen molar-refractivity contribution in [1.82, 2.24) is 4.90 Å². The normalized spacial score (nSPS) is 23.7. The number of likely N-dealkylation sites (tertiary alicyclic amines) is 1. The number of rotatable bonds is 1. The molecule has 0 spiro atoms. The summed E-state index contributed by atoms with van der Waals surface area (Å²) in [4.78, 5) is 13.2. The highest BCUT2D eigenvalue weighted by Gasteiger charge is 2.28. The molecule has 0 aromatic heterocycles. The first-order valence-electron chi connectivity index (χ1n) is 4.80. The lowest BCUT2D eigenvalue weighted by Crippen LogP contribution is -2.31. The molecule has 0 saturated carbocycles. The lowest BCUT2D eigenvalue weighted by molar-refractivity contribution is -0.132. The molecule has 1 fully saturated rings. The van der Waals surface area contributed by atoms with Crippen molar-refractivity contribution < 1.29 is 9.18 Å². The number of carbonyl (C=O) groups is 1. The van der Waals surface area contributed by atoms with Gasteiger partial charge in [0.1, 0.15) is 6.17 Å². The summed E-state index contributed by atoms with van der Waals surface area (Å²) in [5, 5.41) is 0. The van der Waals surface area contributed by atoms with E-state index in [1.807, 2.05) is 20.8 Å². The third-order valence-corrected chi connectivity index (χ3v) is 2.17. The van der Waals surface area contributed by atoms with Gasteiger partial charge in [-0.05, 0) is 11.8 Å². The highest BCUT2D eigenvalue weighted by molar-refractivity contribution is 5.77. The fourth-order valence-corrected chi connectivity index (χ4v) is 1.51. The first-order chi connectivity index (χ1) is 5.88. The largest absolute Gasteiger partial charge is 0.340 e. The number of halogens is 1. The third-order valence-electron chi connectivity index (χ3n) is 2.17. The van der Waals surface area contributed by atoms with Gasteiger partial charge in [-0.25, -0.2) is 4.39 Å². The fraction of sp³-hybridized carbons (Fsp3) is 0.900. The zero-order valence-electron chi connectivity index (χ0n) is 8.64. The molecule has 1 aliphatic heterocycles. The van der Waals surface area contributed by atoms with Crippen molar-refractivity contribution in [3.63, 3.8) is 0 Å². The summed E-state index contributed by atoms with van der Waals surface area (Å²) in [7, 11) is 0. The Morgan fingerprint density at radius 2 is 2.15 bits per heavy atom. The maximum Gasteiger partial charge on any atom is 0.223 e. The molecule has 1 heterocycles. The Kier molecular flexibility index (Phi) is 2.94. The maximum absolute atomic E-state index is 12.8. The van der Waals surface area contributed by atoms with Gasteiger partial charge in [0.05, 0.1) is 6.54 Å². The van der Waals surface area contributed by atoms with Gasteiger partial charge in [-0.2, -0.15) is 0 Å². The van der Waals surface area contributed by atoms with E-state index in [1.54, 1.807) is 4.90 Å². The van der Waals surface area contributed by atoms with E-state index in [4.69, 9.17) is 0 Å². The van der Waals surface area contributed by atoms with E-state index < -0.39 is 6.17 Å². The molecular formula is C10H18FNO. The first kappa shape index (κ1) is 10.5. The molecule has 0 radical (unpaired) electrons. The monoisotopic (exact) mass is 187 g/mol. The van der Waals surface area contributed by atoms with Gasteiger partial charge in [0.15, 0.2) is 0 Å². The quantitative estimate of drug-likeness (QED) is 0.614. The van der Waals surface area contributed by atoms with Crippen LogP contribution in [0.5, 0.6) is 0 Å². The molecule has 0 aromatic carbocycles. The van der Waals surface area contributed by atoms with Crippen LogP contribution in [0.2, 0.25) is 0 Å². The van der Waals surface area contributed by atoms with Gasteiger partial charge >= 0.3 is 0 Å². The summed E-state index contributed by atoms with van der Waals surface area (Å²) < 4.78 is 12.8. The summed E-state index contributed by atoms with van der Waals surface area (Å²) in [6, 6.07) is 0. The molecular weight excluding hydrogens is 169 g/mol. The van der Waals surface area contributed by atoms with Crippen LogP contribution in [0.3, 0.4) is 0 Å². The Labute approximate surface area is 79.1 Å². The summed E-state index contributed by atoms with van der Waals surface area (Å²) in [6.07, 6.45) is 0.221. The second-order valence-corrected chi connectivity index (χ2v) is 4.96. The average Bonchev–Trinajstić information content (AvgIpc) is 2.31. The molecule has 0 bridgehead atoms. The molecule has 1 amide bonds. The van der Waals surface area contributed by atoms with E-state index in [-0.39, 0.29) is 11.3 Å². The first-order valence-corrected chi connectivity index (χ1v) is 4.80. The molecule has 0 aromatic rings. The van der Waals surface area contributed by atoms with E-state index in [2.05, 4.69) is 0 Å². The number of hydrogen-bond donors (Lipinski definition) is 0. The molecule has 3 heteroatoms. The van der Waals surface area contributed by atoms with Gasteiger partial charge in [0, 0.05) is 13.0 Å². The van der Waals surface area contributed by atoms with Crippen molar-refractivity contribution in [1.29, 1.82) is 0 Å². The van der Waals surface area contributed by atoms with Crippen molar-refractivity contribution in [2.45, 2.75) is 39.8 Å². The van der Waals surface area contributed by atoms with Gasteiger partial charge in [0.25, 0.3) is 0 Å². The lowest BCUT2D eigenvalue weighted by atomic mass is 9.92. The van der Waals surface area contributed by atoms with Crippen molar-refractivity contribution in [3.05, 3.63) is 0 Å². The molecule has 1 saturated heterocycles. The van der Waals surface area contributed by atoms with Crippen molar-refractivity contribution >= 4 is 5.91 Å². The van der Waals surface area contributed by atoms with Crippen LogP contribution in [0.1, 0.15) is 33.6 Å². The minimum absolute atomic E-state index is 0.00544. The van der Waals surface area contributed by atoms with Crippen molar-refractivity contribution in [2.24, 2.45) is 5.41 Å². The summed E-state index contributed by atoms with van der Waals surface area (Å²) in [5.74, 6) is 0.0904. The van der Waals surface area contributed by atoms with Gasteiger partial charge in [-0.3, -0.25) is 4.79 Å². The van der Waals surface area contributed by atoms with Crippen molar-refractivity contribution in [3.8, 4) is 0 Å². The SMILES string of the molecule is CC(C)(C)CC(=O)N1CC[C@@H](F)C1. The Morgan fingerprint density at radius 3 is 2.54 bits per heavy atom. The molecule has 76 valence electrons. The highest BCUT2D eigenvalue weighted by Crippen LogP contribution is 2.22.